The molecule has 2 aromatic carbocycles. The smallest absolute Gasteiger partial charge is 0.132 e. The summed E-state index contributed by atoms with van der Waals surface area (Å²) < 4.78 is 6.04. The summed E-state index contributed by atoms with van der Waals surface area (Å²) >= 11 is 6.03. The SMILES string of the molecule is CCc1ccccc1Oc1ccc(Cl)cc1CNC.Cl. The monoisotopic (exact) mass is 311 g/mol. The predicted octanol–water partition coefficient (Wildman–Crippen LogP) is 4.84. The van der Waals surface area contributed by atoms with Crippen molar-refractivity contribution < 1.29 is 4.74 Å². The van der Waals surface area contributed by atoms with E-state index in [4.69, 9.17) is 16.3 Å². The predicted molar refractivity (Wildman–Crippen MR) is 87.4 cm³/mol. The molecule has 0 fully saturated rings. The van der Waals surface area contributed by atoms with Crippen LogP contribution in [-0.2, 0) is 13.0 Å². The molecule has 0 aliphatic carbocycles. The third-order valence-electron chi connectivity index (χ3n) is 2.96. The van der Waals surface area contributed by atoms with E-state index in [1.807, 2.05) is 43.4 Å². The largest absolute Gasteiger partial charge is 0.457 e. The summed E-state index contributed by atoms with van der Waals surface area (Å²) in [6.07, 6.45) is 0.950. The van der Waals surface area contributed by atoms with Crippen LogP contribution >= 0.6 is 24.0 Å². The highest BCUT2D eigenvalue weighted by Crippen LogP contribution is 2.30. The summed E-state index contributed by atoms with van der Waals surface area (Å²) in [4.78, 5) is 0. The lowest BCUT2D eigenvalue weighted by Gasteiger charge is -2.13. The molecule has 0 bridgehead atoms. The van der Waals surface area contributed by atoms with Gasteiger partial charge in [0.2, 0.25) is 0 Å². The Morgan fingerprint density at radius 1 is 1.05 bits per heavy atom. The number of halogens is 2. The van der Waals surface area contributed by atoms with Gasteiger partial charge in [0, 0.05) is 17.1 Å². The van der Waals surface area contributed by atoms with E-state index in [2.05, 4.69) is 18.3 Å². The summed E-state index contributed by atoms with van der Waals surface area (Å²) in [6.45, 7) is 2.85. The van der Waals surface area contributed by atoms with Gasteiger partial charge in [-0.05, 0) is 43.3 Å². The van der Waals surface area contributed by atoms with E-state index in [0.29, 0.717) is 0 Å². The van der Waals surface area contributed by atoms with Crippen molar-refractivity contribution in [2.75, 3.05) is 7.05 Å². The molecule has 2 nitrogen and oxygen atoms in total. The average molecular weight is 312 g/mol. The van der Waals surface area contributed by atoms with Crippen molar-refractivity contribution in [3.8, 4) is 11.5 Å². The van der Waals surface area contributed by atoms with Gasteiger partial charge in [0.1, 0.15) is 11.5 Å². The molecule has 4 heteroatoms. The summed E-state index contributed by atoms with van der Waals surface area (Å²) in [5.74, 6) is 1.75. The highest BCUT2D eigenvalue weighted by atomic mass is 35.5. The van der Waals surface area contributed by atoms with Gasteiger partial charge in [-0.1, -0.05) is 36.7 Å². The third-order valence-corrected chi connectivity index (χ3v) is 3.20. The zero-order valence-corrected chi connectivity index (χ0v) is 13.2. The Kier molecular flexibility index (Phi) is 6.86. The third kappa shape index (κ3) is 4.14. The van der Waals surface area contributed by atoms with Crippen LogP contribution in [0.25, 0.3) is 0 Å². The average Bonchev–Trinajstić information content (AvgIpc) is 2.43. The number of hydrogen-bond donors (Lipinski definition) is 1. The Balaban J connectivity index is 0.00000200. The number of para-hydroxylation sites is 1. The van der Waals surface area contributed by atoms with Gasteiger partial charge in [0.25, 0.3) is 0 Å². The highest BCUT2D eigenvalue weighted by Gasteiger charge is 2.07. The zero-order chi connectivity index (χ0) is 13.7. The lowest BCUT2D eigenvalue weighted by molar-refractivity contribution is 0.469. The number of aryl methyl sites for hydroxylation is 1. The molecule has 0 unspecified atom stereocenters. The van der Waals surface area contributed by atoms with E-state index in [1.54, 1.807) is 0 Å². The Labute approximate surface area is 131 Å². The molecule has 0 aliphatic rings. The van der Waals surface area contributed by atoms with E-state index in [0.717, 1.165) is 35.1 Å². The lowest BCUT2D eigenvalue weighted by atomic mass is 10.1. The maximum Gasteiger partial charge on any atom is 0.132 e. The van der Waals surface area contributed by atoms with Crippen molar-refractivity contribution >= 4 is 24.0 Å². The summed E-state index contributed by atoms with van der Waals surface area (Å²) in [7, 11) is 1.91. The quantitative estimate of drug-likeness (QED) is 0.853. The number of benzene rings is 2. The normalized spacial score (nSPS) is 9.95. The molecule has 0 aliphatic heterocycles. The molecule has 0 saturated carbocycles. The van der Waals surface area contributed by atoms with E-state index >= 15 is 0 Å². The molecule has 20 heavy (non-hydrogen) atoms. The molecular weight excluding hydrogens is 293 g/mol. The fraction of sp³-hybridized carbons (Fsp3) is 0.250. The standard InChI is InChI=1S/C16H18ClNO.ClH/c1-3-12-6-4-5-7-15(12)19-16-9-8-14(17)10-13(16)11-18-2;/h4-10,18H,3,11H2,1-2H3;1H. The molecular formula is C16H19Cl2NO. The molecule has 0 amide bonds. The van der Waals surface area contributed by atoms with Crippen molar-refractivity contribution in [1.82, 2.24) is 5.32 Å². The Morgan fingerprint density at radius 2 is 1.75 bits per heavy atom. The zero-order valence-electron chi connectivity index (χ0n) is 11.7. The fourth-order valence-corrected chi connectivity index (χ4v) is 2.18. The van der Waals surface area contributed by atoms with Crippen molar-refractivity contribution in [3.05, 3.63) is 58.6 Å². The van der Waals surface area contributed by atoms with Crippen LogP contribution < -0.4 is 10.1 Å². The van der Waals surface area contributed by atoms with Crippen LogP contribution in [-0.4, -0.2) is 7.05 Å². The first kappa shape index (κ1) is 16.8. The van der Waals surface area contributed by atoms with Gasteiger partial charge in [-0.25, -0.2) is 0 Å². The minimum Gasteiger partial charge on any atom is -0.457 e. The number of hydrogen-bond acceptors (Lipinski definition) is 2. The number of ether oxygens (including phenoxy) is 1. The van der Waals surface area contributed by atoms with Gasteiger partial charge in [-0.15, -0.1) is 12.4 Å². The van der Waals surface area contributed by atoms with Crippen molar-refractivity contribution in [2.45, 2.75) is 19.9 Å². The number of nitrogens with one attached hydrogen (secondary N) is 1. The first-order valence-electron chi connectivity index (χ1n) is 6.43. The van der Waals surface area contributed by atoms with Crippen LogP contribution in [0.5, 0.6) is 11.5 Å². The van der Waals surface area contributed by atoms with E-state index in [9.17, 15) is 0 Å². The van der Waals surface area contributed by atoms with Crippen LogP contribution in [0.4, 0.5) is 0 Å². The first-order chi connectivity index (χ1) is 9.24. The van der Waals surface area contributed by atoms with Crippen molar-refractivity contribution in [1.29, 1.82) is 0 Å². The van der Waals surface area contributed by atoms with E-state index in [-0.39, 0.29) is 12.4 Å². The topological polar surface area (TPSA) is 21.3 Å². The molecule has 0 atom stereocenters. The Bertz CT molecular complexity index is 558. The van der Waals surface area contributed by atoms with Crippen molar-refractivity contribution in [3.63, 3.8) is 0 Å². The minimum atomic E-state index is 0. The Morgan fingerprint density at radius 3 is 2.45 bits per heavy atom. The molecule has 1 N–H and O–H groups in total. The van der Waals surface area contributed by atoms with E-state index < -0.39 is 0 Å². The van der Waals surface area contributed by atoms with Crippen molar-refractivity contribution in [2.24, 2.45) is 0 Å². The second-order valence-corrected chi connectivity index (χ2v) is 4.78. The first-order valence-corrected chi connectivity index (χ1v) is 6.81. The van der Waals surface area contributed by atoms with Crippen LogP contribution in [0.2, 0.25) is 5.02 Å². The second-order valence-electron chi connectivity index (χ2n) is 4.35. The van der Waals surface area contributed by atoms with Gasteiger partial charge in [-0.2, -0.15) is 0 Å². The van der Waals surface area contributed by atoms with Crippen LogP contribution in [0, 0.1) is 0 Å². The maximum absolute atomic E-state index is 6.04. The maximum atomic E-state index is 6.04. The van der Waals surface area contributed by atoms with Crippen LogP contribution in [0.15, 0.2) is 42.5 Å². The van der Waals surface area contributed by atoms with Gasteiger partial charge in [0.15, 0.2) is 0 Å². The fourth-order valence-electron chi connectivity index (χ4n) is 1.99. The minimum absolute atomic E-state index is 0. The number of rotatable bonds is 5. The van der Waals surface area contributed by atoms with Gasteiger partial charge >= 0.3 is 0 Å². The summed E-state index contributed by atoms with van der Waals surface area (Å²) in [6, 6.07) is 13.8. The molecule has 2 aromatic rings. The molecule has 0 saturated heterocycles. The molecule has 0 heterocycles. The van der Waals surface area contributed by atoms with Crippen LogP contribution in [0.1, 0.15) is 18.1 Å². The lowest BCUT2D eigenvalue weighted by Crippen LogP contribution is -2.06. The highest BCUT2D eigenvalue weighted by molar-refractivity contribution is 6.30. The molecule has 0 aromatic heterocycles. The summed E-state index contributed by atoms with van der Waals surface area (Å²) in [5.41, 5.74) is 2.26. The van der Waals surface area contributed by atoms with Crippen LogP contribution in [0.3, 0.4) is 0 Å². The van der Waals surface area contributed by atoms with Gasteiger partial charge in [0.05, 0.1) is 0 Å². The molecule has 2 rings (SSSR count). The molecule has 0 radical (unpaired) electrons. The summed E-state index contributed by atoms with van der Waals surface area (Å²) in [5, 5.41) is 3.85. The van der Waals surface area contributed by atoms with Gasteiger partial charge < -0.3 is 10.1 Å². The second kappa shape index (κ2) is 8.15. The van der Waals surface area contributed by atoms with Gasteiger partial charge in [-0.3, -0.25) is 0 Å². The van der Waals surface area contributed by atoms with E-state index in [1.165, 1.54) is 5.56 Å². The molecule has 0 spiro atoms. The molecule has 108 valence electrons. The Hall–Kier alpha value is -1.22.